The minimum atomic E-state index is -0.142. The summed E-state index contributed by atoms with van der Waals surface area (Å²) in [5.74, 6) is 0.220. The predicted octanol–water partition coefficient (Wildman–Crippen LogP) is 1.46. The van der Waals surface area contributed by atoms with Crippen molar-refractivity contribution in [2.45, 2.75) is 12.5 Å². The summed E-state index contributed by atoms with van der Waals surface area (Å²) in [6, 6.07) is 6.87. The molecule has 1 atom stereocenters. The summed E-state index contributed by atoms with van der Waals surface area (Å²) in [6.45, 7) is 0.0775. The van der Waals surface area contributed by atoms with Crippen molar-refractivity contribution in [3.8, 4) is 5.75 Å². The second-order valence-electron chi connectivity index (χ2n) is 2.83. The molecule has 3 nitrogen and oxygen atoms in total. The number of hydrogen-bond acceptors (Lipinski definition) is 3. The van der Waals surface area contributed by atoms with Gasteiger partial charge < -0.3 is 14.9 Å². The molecule has 0 aromatic heterocycles. The van der Waals surface area contributed by atoms with Crippen LogP contribution in [0, 0.1) is 0 Å². The van der Waals surface area contributed by atoms with E-state index in [2.05, 4.69) is 0 Å². The van der Waals surface area contributed by atoms with Crippen LogP contribution in [0.1, 0.15) is 18.1 Å². The van der Waals surface area contributed by atoms with Crippen LogP contribution in [-0.2, 0) is 4.74 Å². The molecule has 1 unspecified atom stereocenters. The Morgan fingerprint density at radius 3 is 2.77 bits per heavy atom. The lowest BCUT2D eigenvalue weighted by Gasteiger charge is -2.14. The maximum Gasteiger partial charge on any atom is 0.115 e. The lowest BCUT2D eigenvalue weighted by Crippen LogP contribution is -2.03. The van der Waals surface area contributed by atoms with E-state index in [1.807, 2.05) is 6.07 Å². The van der Waals surface area contributed by atoms with E-state index in [0.717, 1.165) is 5.56 Å². The van der Waals surface area contributed by atoms with Gasteiger partial charge in [-0.1, -0.05) is 12.1 Å². The molecule has 1 aromatic rings. The minimum Gasteiger partial charge on any atom is -0.508 e. The zero-order chi connectivity index (χ0) is 9.68. The first kappa shape index (κ1) is 10.0. The van der Waals surface area contributed by atoms with Crippen LogP contribution in [0.25, 0.3) is 0 Å². The molecule has 3 heteroatoms. The maximum atomic E-state index is 9.21. The van der Waals surface area contributed by atoms with Crippen molar-refractivity contribution in [1.82, 2.24) is 0 Å². The summed E-state index contributed by atoms with van der Waals surface area (Å²) in [6.07, 6.45) is 0.400. The Morgan fingerprint density at radius 1 is 1.46 bits per heavy atom. The Morgan fingerprint density at radius 2 is 2.23 bits per heavy atom. The van der Waals surface area contributed by atoms with Gasteiger partial charge in [-0.05, 0) is 17.7 Å². The standard InChI is InChI=1S/C10H14O3/c1-13-10(5-6-11)8-3-2-4-9(12)7-8/h2-4,7,10-12H,5-6H2,1H3. The van der Waals surface area contributed by atoms with Crippen molar-refractivity contribution in [2.75, 3.05) is 13.7 Å². The van der Waals surface area contributed by atoms with Gasteiger partial charge in [0.15, 0.2) is 0 Å². The van der Waals surface area contributed by atoms with Gasteiger partial charge in [0.2, 0.25) is 0 Å². The normalized spacial score (nSPS) is 12.8. The average molecular weight is 182 g/mol. The number of phenols is 1. The lowest BCUT2D eigenvalue weighted by molar-refractivity contribution is 0.0773. The molecule has 0 aliphatic heterocycles. The molecule has 0 heterocycles. The molecular formula is C10H14O3. The monoisotopic (exact) mass is 182 g/mol. The topological polar surface area (TPSA) is 49.7 Å². The zero-order valence-electron chi connectivity index (χ0n) is 7.60. The summed E-state index contributed by atoms with van der Waals surface area (Å²) in [5, 5.41) is 18.0. The summed E-state index contributed by atoms with van der Waals surface area (Å²) >= 11 is 0. The van der Waals surface area contributed by atoms with E-state index in [4.69, 9.17) is 9.84 Å². The smallest absolute Gasteiger partial charge is 0.115 e. The third-order valence-electron chi connectivity index (χ3n) is 1.92. The first-order valence-corrected chi connectivity index (χ1v) is 4.20. The molecule has 1 rings (SSSR count). The zero-order valence-corrected chi connectivity index (χ0v) is 7.60. The number of phenolic OH excluding ortho intramolecular Hbond substituents is 1. The fourth-order valence-electron chi connectivity index (χ4n) is 1.26. The van der Waals surface area contributed by atoms with Crippen LogP contribution in [0.4, 0.5) is 0 Å². The third kappa shape index (κ3) is 2.72. The van der Waals surface area contributed by atoms with Crippen LogP contribution in [0.2, 0.25) is 0 Å². The molecule has 0 amide bonds. The first-order valence-electron chi connectivity index (χ1n) is 4.20. The van der Waals surface area contributed by atoms with Gasteiger partial charge >= 0.3 is 0 Å². The Hall–Kier alpha value is -1.06. The summed E-state index contributed by atoms with van der Waals surface area (Å²) < 4.78 is 5.16. The Bertz CT molecular complexity index is 260. The largest absolute Gasteiger partial charge is 0.508 e. The van der Waals surface area contributed by atoms with Crippen LogP contribution in [0.5, 0.6) is 5.75 Å². The van der Waals surface area contributed by atoms with E-state index >= 15 is 0 Å². The second-order valence-corrected chi connectivity index (χ2v) is 2.83. The van der Waals surface area contributed by atoms with Gasteiger partial charge in [-0.25, -0.2) is 0 Å². The molecule has 2 N–H and O–H groups in total. The van der Waals surface area contributed by atoms with Gasteiger partial charge in [-0.2, -0.15) is 0 Å². The van der Waals surface area contributed by atoms with Gasteiger partial charge in [-0.15, -0.1) is 0 Å². The highest BCUT2D eigenvalue weighted by molar-refractivity contribution is 5.28. The van der Waals surface area contributed by atoms with Crippen molar-refractivity contribution >= 4 is 0 Å². The van der Waals surface area contributed by atoms with Crippen LogP contribution in [-0.4, -0.2) is 23.9 Å². The van der Waals surface area contributed by atoms with Crippen LogP contribution < -0.4 is 0 Å². The van der Waals surface area contributed by atoms with E-state index in [-0.39, 0.29) is 18.5 Å². The molecule has 0 aliphatic carbocycles. The molecule has 0 saturated carbocycles. The van der Waals surface area contributed by atoms with Gasteiger partial charge in [0, 0.05) is 20.1 Å². The molecule has 0 fully saturated rings. The van der Waals surface area contributed by atoms with E-state index in [0.29, 0.717) is 6.42 Å². The Kier molecular flexibility index (Phi) is 3.73. The average Bonchev–Trinajstić information content (AvgIpc) is 2.14. The maximum absolute atomic E-state index is 9.21. The molecule has 0 saturated heterocycles. The number of rotatable bonds is 4. The van der Waals surface area contributed by atoms with E-state index in [1.165, 1.54) is 0 Å². The van der Waals surface area contributed by atoms with Crippen molar-refractivity contribution in [1.29, 1.82) is 0 Å². The number of aromatic hydroxyl groups is 1. The van der Waals surface area contributed by atoms with Gasteiger partial charge in [0.25, 0.3) is 0 Å². The molecule has 72 valence electrons. The fourth-order valence-corrected chi connectivity index (χ4v) is 1.26. The first-order chi connectivity index (χ1) is 6.27. The highest BCUT2D eigenvalue weighted by Crippen LogP contribution is 2.22. The highest BCUT2D eigenvalue weighted by Gasteiger charge is 2.09. The van der Waals surface area contributed by atoms with Gasteiger partial charge in [0.05, 0.1) is 6.10 Å². The summed E-state index contributed by atoms with van der Waals surface area (Å²) in [7, 11) is 1.59. The SMILES string of the molecule is COC(CCO)c1cccc(O)c1. The van der Waals surface area contributed by atoms with Crippen LogP contribution in [0.15, 0.2) is 24.3 Å². The molecule has 0 radical (unpaired) electrons. The van der Waals surface area contributed by atoms with Crippen molar-refractivity contribution in [3.63, 3.8) is 0 Å². The van der Waals surface area contributed by atoms with Crippen LogP contribution in [0.3, 0.4) is 0 Å². The van der Waals surface area contributed by atoms with E-state index in [9.17, 15) is 5.11 Å². The molecule has 13 heavy (non-hydrogen) atoms. The number of aliphatic hydroxyl groups excluding tert-OH is 1. The van der Waals surface area contributed by atoms with Gasteiger partial charge in [0.1, 0.15) is 5.75 Å². The van der Waals surface area contributed by atoms with E-state index < -0.39 is 0 Å². The van der Waals surface area contributed by atoms with Crippen molar-refractivity contribution in [3.05, 3.63) is 29.8 Å². The number of hydrogen-bond donors (Lipinski definition) is 2. The fraction of sp³-hybridized carbons (Fsp3) is 0.400. The minimum absolute atomic E-state index is 0.0775. The number of ether oxygens (including phenoxy) is 1. The molecule has 0 spiro atoms. The number of methoxy groups -OCH3 is 1. The lowest BCUT2D eigenvalue weighted by atomic mass is 10.1. The quantitative estimate of drug-likeness (QED) is 0.741. The Balaban J connectivity index is 2.78. The van der Waals surface area contributed by atoms with Crippen LogP contribution >= 0.6 is 0 Å². The number of benzene rings is 1. The van der Waals surface area contributed by atoms with Gasteiger partial charge in [-0.3, -0.25) is 0 Å². The number of aliphatic hydroxyl groups is 1. The molecule has 0 aliphatic rings. The molecule has 0 bridgehead atoms. The molecule has 1 aromatic carbocycles. The van der Waals surface area contributed by atoms with Crippen molar-refractivity contribution in [2.24, 2.45) is 0 Å². The van der Waals surface area contributed by atoms with E-state index in [1.54, 1.807) is 25.3 Å². The summed E-state index contributed by atoms with van der Waals surface area (Å²) in [4.78, 5) is 0. The molecular weight excluding hydrogens is 168 g/mol. The predicted molar refractivity (Wildman–Crippen MR) is 49.6 cm³/mol. The summed E-state index contributed by atoms with van der Waals surface area (Å²) in [5.41, 5.74) is 0.886. The second kappa shape index (κ2) is 4.84. The van der Waals surface area contributed by atoms with Crippen molar-refractivity contribution < 1.29 is 14.9 Å². The third-order valence-corrected chi connectivity index (χ3v) is 1.92. The highest BCUT2D eigenvalue weighted by atomic mass is 16.5. The Labute approximate surface area is 77.6 Å².